The highest BCUT2D eigenvalue weighted by Gasteiger charge is 2.19. The molecule has 0 aliphatic rings. The third-order valence-electron chi connectivity index (χ3n) is 5.56. The summed E-state index contributed by atoms with van der Waals surface area (Å²) in [5.41, 5.74) is 8.88. The molecule has 0 radical (unpaired) electrons. The van der Waals surface area contributed by atoms with Gasteiger partial charge in [-0.15, -0.1) is 0 Å². The molecule has 0 fully saturated rings. The van der Waals surface area contributed by atoms with Crippen molar-refractivity contribution in [1.82, 2.24) is 19.9 Å². The van der Waals surface area contributed by atoms with E-state index in [1.54, 1.807) is 19.2 Å². The second kappa shape index (κ2) is 10.5. The molecule has 172 valence electrons. The Morgan fingerprint density at radius 1 is 1.03 bits per heavy atom. The summed E-state index contributed by atoms with van der Waals surface area (Å²) in [5.74, 6) is 2.42. The quantitative estimate of drug-likeness (QED) is 0.382. The topological polar surface area (TPSA) is 110 Å². The zero-order valence-corrected chi connectivity index (χ0v) is 19.6. The molecule has 0 spiro atoms. The van der Waals surface area contributed by atoms with Crippen molar-refractivity contribution < 1.29 is 4.79 Å². The number of imidazole rings is 1. The Hall–Kier alpha value is -3.13. The van der Waals surface area contributed by atoms with Crippen LogP contribution in [-0.2, 0) is 6.54 Å². The van der Waals surface area contributed by atoms with Gasteiger partial charge in [0, 0.05) is 30.9 Å². The summed E-state index contributed by atoms with van der Waals surface area (Å²) in [6.07, 6.45) is 0.815. The first-order chi connectivity index (χ1) is 15.3. The van der Waals surface area contributed by atoms with Crippen LogP contribution >= 0.6 is 0 Å². The van der Waals surface area contributed by atoms with Gasteiger partial charge in [-0.2, -0.15) is 0 Å². The highest BCUT2D eigenvalue weighted by molar-refractivity contribution is 5.94. The number of carbonyl (C=O) groups excluding carboxylic acids is 1. The summed E-state index contributed by atoms with van der Waals surface area (Å²) >= 11 is 0. The number of aryl methyl sites for hydroxylation is 1. The van der Waals surface area contributed by atoms with E-state index in [0.717, 1.165) is 29.1 Å². The van der Waals surface area contributed by atoms with Crippen molar-refractivity contribution in [3.63, 3.8) is 0 Å². The monoisotopic (exact) mass is 437 g/mol. The molecular weight excluding hydrogens is 402 g/mol. The molecule has 2 aromatic heterocycles. The molecule has 2 heterocycles. The van der Waals surface area contributed by atoms with Crippen LogP contribution in [0.4, 0.5) is 17.5 Å². The van der Waals surface area contributed by atoms with Gasteiger partial charge in [0.2, 0.25) is 5.95 Å². The van der Waals surface area contributed by atoms with E-state index in [1.807, 2.05) is 24.3 Å². The number of hydrogen-bond acceptors (Lipinski definition) is 6. The van der Waals surface area contributed by atoms with E-state index in [1.165, 1.54) is 0 Å². The standard InChI is InChI=1S/C24H35N7O/c1-15(2)21(16(3)4)29-20-12-11-19-22(30-20)31(14-6-13-25)24(28-19)27-18-9-7-17(8-10-18)23(32)26-5/h7-12,15-16,21H,6,13-14,25H2,1-5H3,(H,26,32)(H,27,28)(H,29,30). The van der Waals surface area contributed by atoms with Gasteiger partial charge >= 0.3 is 0 Å². The molecule has 0 atom stereocenters. The van der Waals surface area contributed by atoms with Crippen molar-refractivity contribution in [3.8, 4) is 0 Å². The van der Waals surface area contributed by atoms with E-state index >= 15 is 0 Å². The van der Waals surface area contributed by atoms with Gasteiger partial charge in [-0.3, -0.25) is 9.36 Å². The molecule has 3 rings (SSSR count). The predicted octanol–water partition coefficient (Wildman–Crippen LogP) is 3.98. The van der Waals surface area contributed by atoms with Gasteiger partial charge in [-0.1, -0.05) is 27.7 Å². The Morgan fingerprint density at radius 2 is 1.72 bits per heavy atom. The summed E-state index contributed by atoms with van der Waals surface area (Å²) in [4.78, 5) is 21.5. The van der Waals surface area contributed by atoms with Gasteiger partial charge in [0.1, 0.15) is 11.3 Å². The maximum atomic E-state index is 11.8. The highest BCUT2D eigenvalue weighted by Crippen LogP contribution is 2.25. The van der Waals surface area contributed by atoms with E-state index in [-0.39, 0.29) is 5.91 Å². The van der Waals surface area contributed by atoms with Crippen LogP contribution in [0.2, 0.25) is 0 Å². The number of pyridine rings is 1. The Kier molecular flexibility index (Phi) is 7.69. The lowest BCUT2D eigenvalue weighted by atomic mass is 9.93. The van der Waals surface area contributed by atoms with Crippen LogP contribution in [0.1, 0.15) is 44.5 Å². The van der Waals surface area contributed by atoms with Crippen LogP contribution < -0.4 is 21.7 Å². The molecule has 32 heavy (non-hydrogen) atoms. The molecule has 8 nitrogen and oxygen atoms in total. The minimum absolute atomic E-state index is 0.114. The van der Waals surface area contributed by atoms with Crippen molar-refractivity contribution in [1.29, 1.82) is 0 Å². The third kappa shape index (κ3) is 5.37. The number of nitrogens with one attached hydrogen (secondary N) is 3. The van der Waals surface area contributed by atoms with E-state index in [0.29, 0.717) is 42.5 Å². The molecular formula is C24H35N7O. The van der Waals surface area contributed by atoms with Crippen molar-refractivity contribution in [2.45, 2.75) is 46.7 Å². The second-order valence-corrected chi connectivity index (χ2v) is 8.71. The van der Waals surface area contributed by atoms with Crippen LogP contribution in [-0.4, -0.2) is 40.1 Å². The first-order valence-electron chi connectivity index (χ1n) is 11.3. The lowest BCUT2D eigenvalue weighted by molar-refractivity contribution is 0.0963. The van der Waals surface area contributed by atoms with E-state index in [9.17, 15) is 4.79 Å². The fourth-order valence-corrected chi connectivity index (χ4v) is 3.89. The molecule has 0 unspecified atom stereocenters. The molecule has 0 bridgehead atoms. The molecule has 5 N–H and O–H groups in total. The maximum Gasteiger partial charge on any atom is 0.251 e. The Labute approximate surface area is 190 Å². The number of nitrogens with zero attached hydrogens (tertiary/aromatic N) is 3. The zero-order valence-electron chi connectivity index (χ0n) is 19.6. The lowest BCUT2D eigenvalue weighted by Gasteiger charge is -2.26. The molecule has 0 aliphatic carbocycles. The van der Waals surface area contributed by atoms with Crippen molar-refractivity contribution in [2.75, 3.05) is 24.2 Å². The summed E-state index contributed by atoms with van der Waals surface area (Å²) in [6.45, 7) is 10.2. The number of benzene rings is 1. The molecule has 1 aromatic carbocycles. The number of fused-ring (bicyclic) bond motifs is 1. The maximum absolute atomic E-state index is 11.8. The van der Waals surface area contributed by atoms with Gasteiger partial charge in [0.15, 0.2) is 5.65 Å². The van der Waals surface area contributed by atoms with Gasteiger partial charge in [-0.05, 0) is 61.2 Å². The Balaban J connectivity index is 1.93. The number of nitrogens with two attached hydrogens (primary N) is 1. The van der Waals surface area contributed by atoms with Crippen molar-refractivity contribution in [2.24, 2.45) is 17.6 Å². The lowest BCUT2D eigenvalue weighted by Crippen LogP contribution is -2.31. The molecule has 0 saturated heterocycles. The minimum atomic E-state index is -0.114. The summed E-state index contributed by atoms with van der Waals surface area (Å²) < 4.78 is 2.07. The van der Waals surface area contributed by atoms with Crippen LogP contribution in [0, 0.1) is 11.8 Å². The second-order valence-electron chi connectivity index (χ2n) is 8.71. The molecule has 0 aliphatic heterocycles. The van der Waals surface area contributed by atoms with Crippen LogP contribution in [0.15, 0.2) is 36.4 Å². The third-order valence-corrected chi connectivity index (χ3v) is 5.56. The summed E-state index contributed by atoms with van der Waals surface area (Å²) in [5, 5.41) is 9.60. The fraction of sp³-hybridized carbons (Fsp3) is 0.458. The van der Waals surface area contributed by atoms with E-state index < -0.39 is 0 Å². The number of amides is 1. The molecule has 1 amide bonds. The van der Waals surface area contributed by atoms with Crippen LogP contribution in [0.25, 0.3) is 11.2 Å². The minimum Gasteiger partial charge on any atom is -0.367 e. The molecule has 8 heteroatoms. The largest absolute Gasteiger partial charge is 0.367 e. The van der Waals surface area contributed by atoms with Gasteiger partial charge in [0.25, 0.3) is 5.91 Å². The highest BCUT2D eigenvalue weighted by atomic mass is 16.1. The molecule has 0 saturated carbocycles. The number of aromatic nitrogens is 3. The summed E-state index contributed by atoms with van der Waals surface area (Å²) in [7, 11) is 1.62. The van der Waals surface area contributed by atoms with Crippen molar-refractivity contribution in [3.05, 3.63) is 42.0 Å². The zero-order chi connectivity index (χ0) is 23.3. The van der Waals surface area contributed by atoms with Crippen LogP contribution in [0.5, 0.6) is 0 Å². The fourth-order valence-electron chi connectivity index (χ4n) is 3.89. The number of carbonyl (C=O) groups is 1. The van der Waals surface area contributed by atoms with Crippen LogP contribution in [0.3, 0.4) is 0 Å². The summed E-state index contributed by atoms with van der Waals surface area (Å²) in [6, 6.07) is 11.6. The number of rotatable bonds is 10. The first-order valence-corrected chi connectivity index (χ1v) is 11.3. The predicted molar refractivity (Wildman–Crippen MR) is 131 cm³/mol. The van der Waals surface area contributed by atoms with E-state index in [2.05, 4.69) is 48.2 Å². The average molecular weight is 438 g/mol. The van der Waals surface area contributed by atoms with E-state index in [4.69, 9.17) is 15.7 Å². The Morgan fingerprint density at radius 3 is 2.31 bits per heavy atom. The molecule has 3 aromatic rings. The number of hydrogen-bond donors (Lipinski definition) is 4. The SMILES string of the molecule is CNC(=O)c1ccc(Nc2nc3ccc(NC(C(C)C)C(C)C)nc3n2CCCN)cc1. The average Bonchev–Trinajstić information content (AvgIpc) is 3.11. The smallest absolute Gasteiger partial charge is 0.251 e. The van der Waals surface area contributed by atoms with Gasteiger partial charge < -0.3 is 21.7 Å². The van der Waals surface area contributed by atoms with Crippen molar-refractivity contribution >= 4 is 34.5 Å². The van der Waals surface area contributed by atoms with Gasteiger partial charge in [0.05, 0.1) is 0 Å². The Bertz CT molecular complexity index is 1030. The number of anilines is 3. The normalized spacial score (nSPS) is 11.5. The first kappa shape index (κ1) is 23.5. The van der Waals surface area contributed by atoms with Gasteiger partial charge in [-0.25, -0.2) is 9.97 Å².